The number of amides is 2. The predicted octanol–water partition coefficient (Wildman–Crippen LogP) is 4.48. The van der Waals surface area contributed by atoms with Gasteiger partial charge in [0.25, 0.3) is 0 Å². The van der Waals surface area contributed by atoms with Gasteiger partial charge in [-0.2, -0.15) is 0 Å². The van der Waals surface area contributed by atoms with Gasteiger partial charge in [-0.3, -0.25) is 9.59 Å². The van der Waals surface area contributed by atoms with Gasteiger partial charge in [-0.05, 0) is 36.6 Å². The van der Waals surface area contributed by atoms with E-state index in [2.05, 4.69) is 5.32 Å². The third kappa shape index (κ3) is 5.98. The molecule has 6 heteroatoms. The van der Waals surface area contributed by atoms with Crippen molar-refractivity contribution in [2.24, 2.45) is 0 Å². The van der Waals surface area contributed by atoms with E-state index in [-0.39, 0.29) is 24.8 Å². The smallest absolute Gasteiger partial charge is 0.242 e. The largest absolute Gasteiger partial charge is 0.354 e. The maximum absolute atomic E-state index is 13.0. The summed E-state index contributed by atoms with van der Waals surface area (Å²) in [5, 5.41) is 3.95. The van der Waals surface area contributed by atoms with Crippen molar-refractivity contribution in [1.29, 1.82) is 0 Å². The van der Waals surface area contributed by atoms with Crippen LogP contribution in [0.1, 0.15) is 31.4 Å². The van der Waals surface area contributed by atoms with Gasteiger partial charge in [-0.1, -0.05) is 66.5 Å². The molecule has 0 aliphatic rings. The molecule has 2 aromatic rings. The molecule has 0 unspecified atom stereocenters. The van der Waals surface area contributed by atoms with E-state index in [1.54, 1.807) is 24.0 Å². The summed E-state index contributed by atoms with van der Waals surface area (Å²) in [5.41, 5.74) is 1.52. The highest BCUT2D eigenvalue weighted by molar-refractivity contribution is 6.31. The Morgan fingerprint density at radius 3 is 2.11 bits per heavy atom. The first-order chi connectivity index (χ1) is 12.9. The van der Waals surface area contributed by atoms with E-state index in [4.69, 9.17) is 23.2 Å². The molecule has 144 valence electrons. The van der Waals surface area contributed by atoms with Crippen LogP contribution in [0.4, 0.5) is 0 Å². The van der Waals surface area contributed by atoms with Crippen LogP contribution in [0, 0.1) is 0 Å². The van der Waals surface area contributed by atoms with Crippen molar-refractivity contribution < 1.29 is 9.59 Å². The Kier molecular flexibility index (Phi) is 8.14. The van der Waals surface area contributed by atoms with Gasteiger partial charge >= 0.3 is 0 Å². The molecule has 0 aromatic heterocycles. The van der Waals surface area contributed by atoms with Crippen molar-refractivity contribution in [2.45, 2.75) is 39.3 Å². The molecule has 2 rings (SSSR count). The van der Waals surface area contributed by atoms with Gasteiger partial charge in [0.05, 0.1) is 6.42 Å². The van der Waals surface area contributed by atoms with Crippen LogP contribution in [-0.2, 0) is 22.6 Å². The van der Waals surface area contributed by atoms with Crippen LogP contribution in [0.15, 0.2) is 48.5 Å². The standard InChI is InChI=1S/C21H24Cl2N2O2/c1-3-12-24-21(27)15(2)25(14-17-9-5-7-11-19(17)23)20(26)13-16-8-4-6-10-18(16)22/h4-11,15H,3,12-14H2,1-2H3,(H,24,27)/t15-/m1/s1. The lowest BCUT2D eigenvalue weighted by Crippen LogP contribution is -2.48. The van der Waals surface area contributed by atoms with E-state index in [1.165, 1.54) is 0 Å². The van der Waals surface area contributed by atoms with Crippen LogP contribution in [0.5, 0.6) is 0 Å². The molecular weight excluding hydrogens is 383 g/mol. The SMILES string of the molecule is CCCNC(=O)[C@@H](C)N(Cc1ccccc1Cl)C(=O)Cc1ccccc1Cl. The van der Waals surface area contributed by atoms with Crippen molar-refractivity contribution in [3.05, 3.63) is 69.7 Å². The number of carbonyl (C=O) groups excluding carboxylic acids is 2. The number of hydrogen-bond donors (Lipinski definition) is 1. The zero-order chi connectivity index (χ0) is 19.8. The first-order valence-electron chi connectivity index (χ1n) is 8.98. The van der Waals surface area contributed by atoms with Crippen molar-refractivity contribution in [3.63, 3.8) is 0 Å². The van der Waals surface area contributed by atoms with Crippen LogP contribution >= 0.6 is 23.2 Å². The molecule has 0 aliphatic heterocycles. The molecule has 2 amide bonds. The number of rotatable bonds is 8. The molecule has 0 radical (unpaired) electrons. The average molecular weight is 407 g/mol. The van der Waals surface area contributed by atoms with Crippen LogP contribution in [0.25, 0.3) is 0 Å². The molecule has 0 fully saturated rings. The van der Waals surface area contributed by atoms with E-state index in [1.807, 2.05) is 43.3 Å². The zero-order valence-corrected chi connectivity index (χ0v) is 17.1. The molecule has 0 bridgehead atoms. The normalized spacial score (nSPS) is 11.7. The van der Waals surface area contributed by atoms with E-state index in [0.717, 1.165) is 17.5 Å². The number of nitrogens with one attached hydrogen (secondary N) is 1. The Hall–Kier alpha value is -2.04. The quantitative estimate of drug-likeness (QED) is 0.702. The minimum Gasteiger partial charge on any atom is -0.354 e. The topological polar surface area (TPSA) is 49.4 Å². The highest BCUT2D eigenvalue weighted by Crippen LogP contribution is 2.21. The molecule has 1 atom stereocenters. The molecule has 1 N–H and O–H groups in total. The van der Waals surface area contributed by atoms with E-state index < -0.39 is 6.04 Å². The Labute approximate surface area is 170 Å². The van der Waals surface area contributed by atoms with E-state index in [0.29, 0.717) is 16.6 Å². The van der Waals surface area contributed by atoms with Gasteiger partial charge in [-0.15, -0.1) is 0 Å². The van der Waals surface area contributed by atoms with Crippen molar-refractivity contribution in [1.82, 2.24) is 10.2 Å². The third-order valence-electron chi connectivity index (χ3n) is 4.31. The molecule has 4 nitrogen and oxygen atoms in total. The number of carbonyl (C=O) groups is 2. The van der Waals surface area contributed by atoms with Crippen LogP contribution < -0.4 is 5.32 Å². The molecule has 0 aliphatic carbocycles. The fraction of sp³-hybridized carbons (Fsp3) is 0.333. The van der Waals surface area contributed by atoms with E-state index in [9.17, 15) is 9.59 Å². The van der Waals surface area contributed by atoms with Gasteiger partial charge in [0.15, 0.2) is 0 Å². The highest BCUT2D eigenvalue weighted by atomic mass is 35.5. The van der Waals surface area contributed by atoms with Gasteiger partial charge in [0, 0.05) is 23.1 Å². The summed E-state index contributed by atoms with van der Waals surface area (Å²) >= 11 is 12.5. The van der Waals surface area contributed by atoms with Crippen molar-refractivity contribution in [3.8, 4) is 0 Å². The molecule has 0 saturated heterocycles. The molecule has 2 aromatic carbocycles. The first kappa shape index (κ1) is 21.3. The van der Waals surface area contributed by atoms with Crippen molar-refractivity contribution >= 4 is 35.0 Å². The Balaban J connectivity index is 2.25. The third-order valence-corrected chi connectivity index (χ3v) is 5.05. The second-order valence-electron chi connectivity index (χ2n) is 6.35. The fourth-order valence-corrected chi connectivity index (χ4v) is 3.09. The minimum absolute atomic E-state index is 0.121. The molecule has 27 heavy (non-hydrogen) atoms. The summed E-state index contributed by atoms with van der Waals surface area (Å²) in [6.45, 7) is 4.53. The highest BCUT2D eigenvalue weighted by Gasteiger charge is 2.26. The zero-order valence-electron chi connectivity index (χ0n) is 15.5. The summed E-state index contributed by atoms with van der Waals surface area (Å²) < 4.78 is 0. The number of halogens is 2. The summed E-state index contributed by atoms with van der Waals surface area (Å²) in [6, 6.07) is 13.9. The number of hydrogen-bond acceptors (Lipinski definition) is 2. The summed E-state index contributed by atoms with van der Waals surface area (Å²) in [5.74, 6) is -0.362. The van der Waals surface area contributed by atoms with Gasteiger partial charge in [0.2, 0.25) is 11.8 Å². The summed E-state index contributed by atoms with van der Waals surface area (Å²) in [4.78, 5) is 27.1. The second-order valence-corrected chi connectivity index (χ2v) is 7.16. The lowest BCUT2D eigenvalue weighted by molar-refractivity contribution is -0.140. The number of nitrogens with zero attached hydrogens (tertiary/aromatic N) is 1. The monoisotopic (exact) mass is 406 g/mol. The summed E-state index contributed by atoms with van der Waals surface area (Å²) in [7, 11) is 0. The lowest BCUT2D eigenvalue weighted by atomic mass is 10.1. The Morgan fingerprint density at radius 1 is 1.00 bits per heavy atom. The molecule has 0 spiro atoms. The first-order valence-corrected chi connectivity index (χ1v) is 9.73. The van der Waals surface area contributed by atoms with Crippen LogP contribution in [0.2, 0.25) is 10.0 Å². The molecular formula is C21H24Cl2N2O2. The van der Waals surface area contributed by atoms with Gasteiger partial charge in [0.1, 0.15) is 6.04 Å². The van der Waals surface area contributed by atoms with Crippen LogP contribution in [-0.4, -0.2) is 29.3 Å². The lowest BCUT2D eigenvalue weighted by Gasteiger charge is -2.29. The fourth-order valence-electron chi connectivity index (χ4n) is 2.69. The van der Waals surface area contributed by atoms with Crippen LogP contribution in [0.3, 0.4) is 0 Å². The molecule has 0 heterocycles. The maximum Gasteiger partial charge on any atom is 0.242 e. The second kappa shape index (κ2) is 10.3. The number of benzene rings is 2. The maximum atomic E-state index is 13.0. The molecule has 0 saturated carbocycles. The summed E-state index contributed by atoms with van der Waals surface area (Å²) in [6.07, 6.45) is 0.950. The van der Waals surface area contributed by atoms with Gasteiger partial charge < -0.3 is 10.2 Å². The minimum atomic E-state index is -0.622. The average Bonchev–Trinajstić information content (AvgIpc) is 2.66. The van der Waals surface area contributed by atoms with E-state index >= 15 is 0 Å². The van der Waals surface area contributed by atoms with Crippen molar-refractivity contribution in [2.75, 3.05) is 6.54 Å². The Bertz CT molecular complexity index is 795. The predicted molar refractivity (Wildman–Crippen MR) is 110 cm³/mol. The Morgan fingerprint density at radius 2 is 1.56 bits per heavy atom. The van der Waals surface area contributed by atoms with Gasteiger partial charge in [-0.25, -0.2) is 0 Å².